The van der Waals surface area contributed by atoms with Crippen LogP contribution >= 0.6 is 0 Å². The van der Waals surface area contributed by atoms with Crippen LogP contribution in [0.3, 0.4) is 0 Å². The highest BCUT2D eigenvalue weighted by molar-refractivity contribution is 5.97. The number of nitrogens with two attached hydrogens (primary N) is 1. The van der Waals surface area contributed by atoms with Gasteiger partial charge in [-0.1, -0.05) is 5.16 Å². The van der Waals surface area contributed by atoms with Crippen molar-refractivity contribution in [1.29, 1.82) is 0 Å². The average molecular weight is 168 g/mol. The predicted octanol–water partition coefficient (Wildman–Crippen LogP) is 1.23. The summed E-state index contributed by atoms with van der Waals surface area (Å²) in [4.78, 5) is 0. The molecule has 0 bridgehead atoms. The highest BCUT2D eigenvalue weighted by Crippen LogP contribution is 2.08. The van der Waals surface area contributed by atoms with E-state index in [0.29, 0.717) is 11.1 Å². The highest BCUT2D eigenvalue weighted by atomic mass is 19.1. The van der Waals surface area contributed by atoms with Gasteiger partial charge in [-0.05, 0) is 30.7 Å². The number of hydrogen-bond acceptors (Lipinski definition) is 2. The molecule has 0 fully saturated rings. The molecule has 3 N–H and O–H groups in total. The topological polar surface area (TPSA) is 58.6 Å². The van der Waals surface area contributed by atoms with Gasteiger partial charge in [0, 0.05) is 5.56 Å². The molecule has 0 atom stereocenters. The number of nitrogens with zero attached hydrogens (tertiary/aromatic N) is 1. The van der Waals surface area contributed by atoms with Gasteiger partial charge in [-0.15, -0.1) is 0 Å². The number of rotatable bonds is 1. The van der Waals surface area contributed by atoms with Crippen molar-refractivity contribution in [1.82, 2.24) is 0 Å². The number of benzene rings is 1. The lowest BCUT2D eigenvalue weighted by Crippen LogP contribution is -2.13. The summed E-state index contributed by atoms with van der Waals surface area (Å²) in [6.45, 7) is 1.61. The molecule has 0 unspecified atom stereocenters. The maximum Gasteiger partial charge on any atom is 0.170 e. The molecule has 0 spiro atoms. The second-order valence-corrected chi connectivity index (χ2v) is 2.45. The Bertz CT molecular complexity index is 323. The first kappa shape index (κ1) is 8.52. The van der Waals surface area contributed by atoms with Crippen molar-refractivity contribution in [3.63, 3.8) is 0 Å². The minimum absolute atomic E-state index is 0.0156. The molecule has 0 heterocycles. The summed E-state index contributed by atoms with van der Waals surface area (Å²) in [6.07, 6.45) is 0. The lowest BCUT2D eigenvalue weighted by molar-refractivity contribution is 0.318. The normalized spacial score (nSPS) is 11.7. The molecule has 0 aromatic heterocycles. The Balaban J connectivity index is 3.13. The fourth-order valence-corrected chi connectivity index (χ4v) is 0.862. The van der Waals surface area contributed by atoms with Crippen molar-refractivity contribution >= 4 is 5.84 Å². The van der Waals surface area contributed by atoms with E-state index in [1.54, 1.807) is 6.92 Å². The van der Waals surface area contributed by atoms with Crippen molar-refractivity contribution < 1.29 is 9.60 Å². The lowest BCUT2D eigenvalue weighted by atomic mass is 10.1. The predicted molar refractivity (Wildman–Crippen MR) is 43.6 cm³/mol. The van der Waals surface area contributed by atoms with E-state index in [4.69, 9.17) is 10.9 Å². The van der Waals surface area contributed by atoms with Crippen LogP contribution in [0.15, 0.2) is 23.4 Å². The minimum Gasteiger partial charge on any atom is -0.409 e. The first-order chi connectivity index (χ1) is 5.65. The molecule has 0 amide bonds. The molecule has 0 aliphatic carbocycles. The van der Waals surface area contributed by atoms with Crippen LogP contribution < -0.4 is 5.73 Å². The van der Waals surface area contributed by atoms with Gasteiger partial charge in [0.1, 0.15) is 5.82 Å². The molecule has 0 saturated heterocycles. The highest BCUT2D eigenvalue weighted by Gasteiger charge is 2.01. The van der Waals surface area contributed by atoms with Gasteiger partial charge < -0.3 is 10.9 Å². The van der Waals surface area contributed by atoms with E-state index in [2.05, 4.69) is 5.16 Å². The third-order valence-corrected chi connectivity index (χ3v) is 1.56. The molecular formula is C8H9FN2O. The average Bonchev–Trinajstić information content (AvgIpc) is 2.08. The Morgan fingerprint density at radius 2 is 2.25 bits per heavy atom. The molecular weight excluding hydrogens is 159 g/mol. The van der Waals surface area contributed by atoms with E-state index in [1.165, 1.54) is 18.2 Å². The third-order valence-electron chi connectivity index (χ3n) is 1.56. The largest absolute Gasteiger partial charge is 0.409 e. The molecule has 1 aromatic carbocycles. The first-order valence-corrected chi connectivity index (χ1v) is 3.39. The number of halogens is 1. The number of aryl methyl sites for hydroxylation is 1. The number of amidine groups is 1. The smallest absolute Gasteiger partial charge is 0.170 e. The van der Waals surface area contributed by atoms with Crippen LogP contribution in [-0.2, 0) is 0 Å². The molecule has 3 nitrogen and oxygen atoms in total. The molecule has 1 aromatic rings. The van der Waals surface area contributed by atoms with Crippen molar-refractivity contribution in [2.24, 2.45) is 10.9 Å². The number of hydrogen-bond donors (Lipinski definition) is 2. The van der Waals surface area contributed by atoms with Crippen LogP contribution in [0.25, 0.3) is 0 Å². The molecule has 0 saturated carbocycles. The van der Waals surface area contributed by atoms with Crippen molar-refractivity contribution in [2.45, 2.75) is 6.92 Å². The van der Waals surface area contributed by atoms with E-state index >= 15 is 0 Å². The Kier molecular flexibility index (Phi) is 2.28. The summed E-state index contributed by atoms with van der Waals surface area (Å²) >= 11 is 0. The maximum atomic E-state index is 12.7. The van der Waals surface area contributed by atoms with Gasteiger partial charge in [0.15, 0.2) is 5.84 Å². The van der Waals surface area contributed by atoms with Gasteiger partial charge in [0.25, 0.3) is 0 Å². The summed E-state index contributed by atoms with van der Waals surface area (Å²) in [7, 11) is 0. The summed E-state index contributed by atoms with van der Waals surface area (Å²) in [5.41, 5.74) is 6.27. The van der Waals surface area contributed by atoms with Gasteiger partial charge >= 0.3 is 0 Å². The SMILES string of the molecule is Cc1cc(C(N)=NO)ccc1F. The Morgan fingerprint density at radius 1 is 1.58 bits per heavy atom. The zero-order chi connectivity index (χ0) is 9.14. The summed E-state index contributed by atoms with van der Waals surface area (Å²) in [6, 6.07) is 4.25. The maximum absolute atomic E-state index is 12.7. The zero-order valence-corrected chi connectivity index (χ0v) is 6.58. The van der Waals surface area contributed by atoms with E-state index in [0.717, 1.165) is 0 Å². The summed E-state index contributed by atoms with van der Waals surface area (Å²) < 4.78 is 12.7. The van der Waals surface area contributed by atoms with Gasteiger partial charge in [0.2, 0.25) is 0 Å². The molecule has 64 valence electrons. The Hall–Kier alpha value is -1.58. The van der Waals surface area contributed by atoms with Crippen molar-refractivity contribution in [2.75, 3.05) is 0 Å². The van der Waals surface area contributed by atoms with Crippen LogP contribution in [0.2, 0.25) is 0 Å². The van der Waals surface area contributed by atoms with E-state index < -0.39 is 0 Å². The van der Waals surface area contributed by atoms with E-state index in [-0.39, 0.29) is 11.7 Å². The Labute approximate surface area is 69.3 Å². The summed E-state index contributed by atoms with van der Waals surface area (Å²) in [5, 5.41) is 11.1. The second-order valence-electron chi connectivity index (χ2n) is 2.45. The number of oxime groups is 1. The molecule has 1 rings (SSSR count). The minimum atomic E-state index is -0.301. The van der Waals surface area contributed by atoms with E-state index in [1.807, 2.05) is 0 Å². The quantitative estimate of drug-likeness (QED) is 0.287. The molecule has 12 heavy (non-hydrogen) atoms. The molecule has 0 radical (unpaired) electrons. The monoisotopic (exact) mass is 168 g/mol. The molecule has 4 heteroatoms. The van der Waals surface area contributed by atoms with Crippen molar-refractivity contribution in [3.05, 3.63) is 35.1 Å². The standard InChI is InChI=1S/C8H9FN2O/c1-5-4-6(8(10)11-12)2-3-7(5)9/h2-4,12H,1H3,(H2,10,11). The van der Waals surface area contributed by atoms with Gasteiger partial charge in [-0.25, -0.2) is 4.39 Å². The lowest BCUT2D eigenvalue weighted by Gasteiger charge is -2.00. The zero-order valence-electron chi connectivity index (χ0n) is 6.58. The van der Waals surface area contributed by atoms with Crippen LogP contribution in [0.1, 0.15) is 11.1 Å². The first-order valence-electron chi connectivity index (χ1n) is 3.39. The fraction of sp³-hybridized carbons (Fsp3) is 0.125. The molecule has 0 aliphatic heterocycles. The fourth-order valence-electron chi connectivity index (χ4n) is 0.862. The Morgan fingerprint density at radius 3 is 2.75 bits per heavy atom. The van der Waals surface area contributed by atoms with Crippen LogP contribution in [-0.4, -0.2) is 11.0 Å². The van der Waals surface area contributed by atoms with Crippen LogP contribution in [0, 0.1) is 12.7 Å². The van der Waals surface area contributed by atoms with Gasteiger partial charge in [0.05, 0.1) is 0 Å². The summed E-state index contributed by atoms with van der Waals surface area (Å²) in [5.74, 6) is -0.317. The van der Waals surface area contributed by atoms with E-state index in [9.17, 15) is 4.39 Å². The second kappa shape index (κ2) is 3.21. The third kappa shape index (κ3) is 1.53. The van der Waals surface area contributed by atoms with Crippen LogP contribution in [0.5, 0.6) is 0 Å². The van der Waals surface area contributed by atoms with Gasteiger partial charge in [-0.2, -0.15) is 0 Å². The van der Waals surface area contributed by atoms with Crippen molar-refractivity contribution in [3.8, 4) is 0 Å². The molecule has 0 aliphatic rings. The van der Waals surface area contributed by atoms with Crippen LogP contribution in [0.4, 0.5) is 4.39 Å². The van der Waals surface area contributed by atoms with Gasteiger partial charge in [-0.3, -0.25) is 0 Å².